The van der Waals surface area contributed by atoms with Crippen LogP contribution in [0.25, 0.3) is 10.9 Å². The Morgan fingerprint density at radius 3 is 2.61 bits per heavy atom. The van der Waals surface area contributed by atoms with Crippen LogP contribution >= 0.6 is 43.5 Å². The molecule has 11 heteroatoms. The molecule has 0 aliphatic carbocycles. The summed E-state index contributed by atoms with van der Waals surface area (Å²) in [4.78, 5) is 30.3. The van der Waals surface area contributed by atoms with Crippen molar-refractivity contribution in [1.82, 2.24) is 9.66 Å². The van der Waals surface area contributed by atoms with E-state index in [2.05, 4.69) is 42.3 Å². The number of para-hydroxylation sites is 1. The van der Waals surface area contributed by atoms with Crippen molar-refractivity contribution in [2.24, 2.45) is 5.10 Å². The fourth-order valence-electron chi connectivity index (χ4n) is 3.54. The summed E-state index contributed by atoms with van der Waals surface area (Å²) >= 11 is 13.2. The second kappa shape index (κ2) is 11.3. The second-order valence-electron chi connectivity index (χ2n) is 9.34. The Balaban J connectivity index is 1.59. The first-order chi connectivity index (χ1) is 17.9. The number of anilines is 1. The zero-order valence-electron chi connectivity index (χ0n) is 20.6. The van der Waals surface area contributed by atoms with Crippen LogP contribution < -0.4 is 15.6 Å². The van der Waals surface area contributed by atoms with Crippen LogP contribution in [0.3, 0.4) is 0 Å². The van der Waals surface area contributed by atoms with E-state index in [1.165, 1.54) is 29.1 Å². The number of carbonyl (C=O) groups excluding carboxylic acids is 1. The van der Waals surface area contributed by atoms with Crippen LogP contribution in [-0.4, -0.2) is 28.4 Å². The van der Waals surface area contributed by atoms with Crippen LogP contribution in [0.2, 0.25) is 5.02 Å². The number of hydrogen-bond acceptors (Lipinski definition) is 5. The molecule has 1 amide bonds. The van der Waals surface area contributed by atoms with Crippen molar-refractivity contribution in [3.8, 4) is 5.75 Å². The number of aromatic nitrogens is 2. The number of nitrogens with zero attached hydrogens (tertiary/aromatic N) is 3. The molecule has 38 heavy (non-hydrogen) atoms. The molecule has 0 aliphatic rings. The first-order valence-electron chi connectivity index (χ1n) is 11.4. The lowest BCUT2D eigenvalue weighted by atomic mass is 9.95. The maximum atomic E-state index is 13.8. The number of carbonyl (C=O) groups is 1. The highest BCUT2D eigenvalue weighted by Gasteiger charge is 2.23. The molecule has 0 spiro atoms. The van der Waals surface area contributed by atoms with E-state index in [0.717, 1.165) is 4.47 Å². The van der Waals surface area contributed by atoms with Crippen molar-refractivity contribution < 1.29 is 13.9 Å². The number of amides is 1. The minimum absolute atomic E-state index is 0.0539. The average Bonchev–Trinajstić information content (AvgIpc) is 2.84. The first-order valence-corrected chi connectivity index (χ1v) is 13.3. The molecule has 0 saturated carbocycles. The van der Waals surface area contributed by atoms with Gasteiger partial charge in [0.05, 0.1) is 32.3 Å². The number of nitrogens with one attached hydrogen (secondary N) is 1. The summed E-state index contributed by atoms with van der Waals surface area (Å²) in [5.74, 6) is -0.364. The Morgan fingerprint density at radius 2 is 1.92 bits per heavy atom. The Kier molecular flexibility index (Phi) is 8.34. The highest BCUT2D eigenvalue weighted by molar-refractivity contribution is 9.10. The van der Waals surface area contributed by atoms with E-state index in [4.69, 9.17) is 21.3 Å². The largest absolute Gasteiger partial charge is 0.481 e. The van der Waals surface area contributed by atoms with Crippen LogP contribution in [0.5, 0.6) is 5.75 Å². The van der Waals surface area contributed by atoms with Gasteiger partial charge in [-0.2, -0.15) is 9.78 Å². The van der Waals surface area contributed by atoms with Gasteiger partial charge in [0.15, 0.2) is 12.4 Å². The molecule has 196 valence electrons. The maximum absolute atomic E-state index is 13.8. The Hall–Kier alpha value is -3.08. The molecule has 1 aromatic heterocycles. The molecule has 1 heterocycles. The van der Waals surface area contributed by atoms with E-state index in [0.29, 0.717) is 26.8 Å². The van der Waals surface area contributed by atoms with Gasteiger partial charge in [-0.25, -0.2) is 9.37 Å². The monoisotopic (exact) mass is 662 g/mol. The first kappa shape index (κ1) is 27.9. The van der Waals surface area contributed by atoms with Gasteiger partial charge in [-0.3, -0.25) is 9.59 Å². The molecule has 0 radical (unpaired) electrons. The minimum Gasteiger partial charge on any atom is -0.481 e. The van der Waals surface area contributed by atoms with Crippen molar-refractivity contribution in [3.05, 3.63) is 96.1 Å². The van der Waals surface area contributed by atoms with Crippen LogP contribution in [0.4, 0.5) is 10.1 Å². The molecule has 4 aromatic rings. The lowest BCUT2D eigenvalue weighted by molar-refractivity contribution is -0.118. The van der Waals surface area contributed by atoms with E-state index >= 15 is 0 Å². The van der Waals surface area contributed by atoms with Crippen LogP contribution in [-0.2, 0) is 10.2 Å². The zero-order chi connectivity index (χ0) is 27.6. The normalized spacial score (nSPS) is 11.8. The third-order valence-electron chi connectivity index (χ3n) is 5.32. The van der Waals surface area contributed by atoms with Gasteiger partial charge in [0.1, 0.15) is 11.6 Å². The van der Waals surface area contributed by atoms with E-state index in [1.807, 2.05) is 26.8 Å². The lowest BCUT2D eigenvalue weighted by Gasteiger charge is -2.20. The summed E-state index contributed by atoms with van der Waals surface area (Å²) in [5.41, 5.74) is 0.449. The van der Waals surface area contributed by atoms with Gasteiger partial charge < -0.3 is 10.1 Å². The van der Waals surface area contributed by atoms with Crippen molar-refractivity contribution in [2.45, 2.75) is 26.2 Å². The van der Waals surface area contributed by atoms with Gasteiger partial charge in [-0.05, 0) is 64.0 Å². The highest BCUT2D eigenvalue weighted by Crippen LogP contribution is 2.34. The fraction of sp³-hybridized carbons (Fsp3) is 0.185. The summed E-state index contributed by atoms with van der Waals surface area (Å²) < 4.78 is 21.9. The number of ether oxygens (including phenoxy) is 1. The molecule has 0 atom stereocenters. The SMILES string of the molecule is CC(C)(C)c1nc2ccc(Br)cc2c(=O)n1N=Cc1cc(Cl)c(OCC(=O)Nc2ccccc2F)c(Br)c1. The molecule has 4 rings (SSSR count). The number of halogens is 4. The molecule has 1 N–H and O–H groups in total. The standard InChI is InChI=1S/C27H22Br2ClFN4O3/c1-27(2,3)26-34-21-9-8-16(28)12-17(21)25(37)35(26)32-13-15-10-18(29)24(19(30)11-15)38-14-23(36)33-22-7-5-4-6-20(22)31/h4-13H,14H2,1-3H3,(H,33,36). The van der Waals surface area contributed by atoms with Gasteiger partial charge in [0, 0.05) is 9.89 Å². The molecule has 3 aromatic carbocycles. The average molecular weight is 665 g/mol. The Labute approximate surface area is 239 Å². The van der Waals surface area contributed by atoms with Crippen molar-refractivity contribution in [3.63, 3.8) is 0 Å². The third kappa shape index (κ3) is 6.31. The third-order valence-corrected chi connectivity index (χ3v) is 6.68. The Morgan fingerprint density at radius 1 is 1.18 bits per heavy atom. The predicted octanol–water partition coefficient (Wildman–Crippen LogP) is 6.91. The Bertz CT molecular complexity index is 1610. The van der Waals surface area contributed by atoms with Crippen molar-refractivity contribution >= 4 is 72.2 Å². The zero-order valence-corrected chi connectivity index (χ0v) is 24.5. The van der Waals surface area contributed by atoms with Crippen LogP contribution in [0.15, 0.2) is 73.4 Å². The van der Waals surface area contributed by atoms with Crippen molar-refractivity contribution in [1.29, 1.82) is 0 Å². The van der Waals surface area contributed by atoms with E-state index in [1.54, 1.807) is 30.3 Å². The number of benzene rings is 3. The quantitative estimate of drug-likeness (QED) is 0.227. The maximum Gasteiger partial charge on any atom is 0.282 e. The van der Waals surface area contributed by atoms with Gasteiger partial charge in [-0.15, -0.1) is 0 Å². The molecule has 0 saturated heterocycles. The number of rotatable bonds is 6. The number of hydrogen-bond donors (Lipinski definition) is 1. The summed E-state index contributed by atoms with van der Waals surface area (Å²) in [7, 11) is 0. The second-order valence-corrected chi connectivity index (χ2v) is 11.5. The molecular weight excluding hydrogens is 643 g/mol. The van der Waals surface area contributed by atoms with Gasteiger partial charge in [0.25, 0.3) is 11.5 Å². The van der Waals surface area contributed by atoms with E-state index in [-0.39, 0.29) is 28.6 Å². The highest BCUT2D eigenvalue weighted by atomic mass is 79.9. The summed E-state index contributed by atoms with van der Waals surface area (Å²) in [6.07, 6.45) is 1.49. The van der Waals surface area contributed by atoms with Crippen LogP contribution in [0, 0.1) is 5.82 Å². The smallest absolute Gasteiger partial charge is 0.282 e. The van der Waals surface area contributed by atoms with Crippen molar-refractivity contribution in [2.75, 3.05) is 11.9 Å². The van der Waals surface area contributed by atoms with Crippen LogP contribution in [0.1, 0.15) is 32.2 Å². The molecule has 0 unspecified atom stereocenters. The topological polar surface area (TPSA) is 85.6 Å². The molecule has 0 fully saturated rings. The van der Waals surface area contributed by atoms with Gasteiger partial charge >= 0.3 is 0 Å². The fourth-order valence-corrected chi connectivity index (χ4v) is 4.89. The molecule has 0 bridgehead atoms. The molecule has 7 nitrogen and oxygen atoms in total. The van der Waals surface area contributed by atoms with E-state index in [9.17, 15) is 14.0 Å². The predicted molar refractivity (Wildman–Crippen MR) is 155 cm³/mol. The van der Waals surface area contributed by atoms with Gasteiger partial charge in [-0.1, -0.05) is 60.4 Å². The minimum atomic E-state index is -0.549. The summed E-state index contributed by atoms with van der Waals surface area (Å²) in [6.45, 7) is 5.47. The summed E-state index contributed by atoms with van der Waals surface area (Å²) in [5, 5.41) is 7.54. The number of fused-ring (bicyclic) bond motifs is 1. The molecular formula is C27H22Br2ClFN4O3. The molecule has 0 aliphatic heterocycles. The van der Waals surface area contributed by atoms with E-state index < -0.39 is 17.1 Å². The lowest BCUT2D eigenvalue weighted by Crippen LogP contribution is -2.29. The summed E-state index contributed by atoms with van der Waals surface area (Å²) in [6, 6.07) is 14.4. The van der Waals surface area contributed by atoms with Gasteiger partial charge in [0.2, 0.25) is 0 Å².